The van der Waals surface area contributed by atoms with E-state index < -0.39 is 5.91 Å². The maximum Gasteiger partial charge on any atom is 0.319 e. The minimum absolute atomic E-state index is 0.199. The van der Waals surface area contributed by atoms with Crippen molar-refractivity contribution in [1.82, 2.24) is 5.32 Å². The zero-order valence-corrected chi connectivity index (χ0v) is 14.2. The highest BCUT2D eigenvalue weighted by Crippen LogP contribution is 2.53. The fourth-order valence-corrected chi connectivity index (χ4v) is 5.55. The Bertz CT molecular complexity index is 663. The number of nitrogens with one attached hydrogen (secondary N) is 2. The first-order valence-electron chi connectivity index (χ1n) is 8.66. The second-order valence-electron chi connectivity index (χ2n) is 7.61. The van der Waals surface area contributed by atoms with E-state index in [1.807, 2.05) is 0 Å². The Morgan fingerprint density at radius 3 is 2.21 bits per heavy atom. The molecule has 3 amide bonds. The molecule has 24 heavy (non-hydrogen) atoms. The van der Waals surface area contributed by atoms with Crippen molar-refractivity contribution in [2.75, 3.05) is 5.32 Å². The lowest BCUT2D eigenvalue weighted by molar-refractivity contribution is -0.00883. The van der Waals surface area contributed by atoms with Crippen molar-refractivity contribution in [3.8, 4) is 0 Å². The van der Waals surface area contributed by atoms with Crippen molar-refractivity contribution < 1.29 is 9.59 Å². The van der Waals surface area contributed by atoms with E-state index in [9.17, 15) is 9.59 Å². The number of amides is 3. The minimum Gasteiger partial charge on any atom is -0.366 e. The van der Waals surface area contributed by atoms with Crippen molar-refractivity contribution >= 4 is 29.2 Å². The minimum atomic E-state index is -0.579. The molecule has 4 fully saturated rings. The number of anilines is 1. The number of primary amides is 1. The molecule has 4 N–H and O–H groups in total. The first-order chi connectivity index (χ1) is 11.5. The first kappa shape index (κ1) is 15.8. The average Bonchev–Trinajstić information content (AvgIpc) is 2.50. The monoisotopic (exact) mass is 347 g/mol. The van der Waals surface area contributed by atoms with Gasteiger partial charge in [-0.05, 0) is 74.0 Å². The largest absolute Gasteiger partial charge is 0.366 e. The maximum atomic E-state index is 12.4. The number of hydrogen-bond acceptors (Lipinski definition) is 2. The average molecular weight is 348 g/mol. The molecule has 0 spiro atoms. The van der Waals surface area contributed by atoms with Crippen LogP contribution in [0.3, 0.4) is 0 Å². The van der Waals surface area contributed by atoms with Gasteiger partial charge in [-0.25, -0.2) is 4.79 Å². The van der Waals surface area contributed by atoms with Gasteiger partial charge in [-0.3, -0.25) is 4.79 Å². The van der Waals surface area contributed by atoms with Gasteiger partial charge >= 0.3 is 6.03 Å². The number of hydrogen-bond donors (Lipinski definition) is 3. The summed E-state index contributed by atoms with van der Waals surface area (Å²) in [4.78, 5) is 23.6. The Balaban J connectivity index is 1.40. The fourth-order valence-electron chi connectivity index (χ4n) is 5.27. The predicted molar refractivity (Wildman–Crippen MR) is 93.0 cm³/mol. The van der Waals surface area contributed by atoms with E-state index in [0.29, 0.717) is 17.5 Å². The van der Waals surface area contributed by atoms with Crippen LogP contribution in [0.25, 0.3) is 0 Å². The molecule has 6 heteroatoms. The molecule has 0 saturated heterocycles. The smallest absolute Gasteiger partial charge is 0.319 e. The molecule has 0 radical (unpaired) electrons. The highest BCUT2D eigenvalue weighted by molar-refractivity contribution is 6.34. The molecule has 5 rings (SSSR count). The van der Waals surface area contributed by atoms with E-state index in [1.165, 1.54) is 38.2 Å². The Labute approximate surface area is 146 Å². The summed E-state index contributed by atoms with van der Waals surface area (Å²) >= 11 is 6.03. The van der Waals surface area contributed by atoms with Gasteiger partial charge in [0.2, 0.25) is 5.91 Å². The third-order valence-corrected chi connectivity index (χ3v) is 6.33. The summed E-state index contributed by atoms with van der Waals surface area (Å²) in [5.74, 6) is 2.45. The SMILES string of the molecule is NC(=O)c1ccc(NC(=O)NC2C3CC4CC(C3)CC2C4)cc1Cl. The van der Waals surface area contributed by atoms with Crippen LogP contribution in [0, 0.1) is 23.7 Å². The number of urea groups is 1. The lowest BCUT2D eigenvalue weighted by Gasteiger charge is -2.54. The third-order valence-electron chi connectivity index (χ3n) is 6.02. The molecule has 0 atom stereocenters. The van der Waals surface area contributed by atoms with E-state index in [0.717, 1.165) is 11.8 Å². The van der Waals surface area contributed by atoms with Gasteiger partial charge in [-0.15, -0.1) is 0 Å². The molecule has 1 aromatic rings. The summed E-state index contributed by atoms with van der Waals surface area (Å²) < 4.78 is 0. The van der Waals surface area contributed by atoms with Crippen molar-refractivity contribution in [3.05, 3.63) is 28.8 Å². The van der Waals surface area contributed by atoms with Crippen LogP contribution < -0.4 is 16.4 Å². The van der Waals surface area contributed by atoms with E-state index in [1.54, 1.807) is 12.1 Å². The van der Waals surface area contributed by atoms with Gasteiger partial charge < -0.3 is 16.4 Å². The van der Waals surface area contributed by atoms with Crippen molar-refractivity contribution in [2.24, 2.45) is 29.4 Å². The second-order valence-corrected chi connectivity index (χ2v) is 8.02. The molecule has 0 heterocycles. The highest BCUT2D eigenvalue weighted by atomic mass is 35.5. The Hall–Kier alpha value is -1.75. The Morgan fingerprint density at radius 2 is 1.67 bits per heavy atom. The first-order valence-corrected chi connectivity index (χ1v) is 9.04. The van der Waals surface area contributed by atoms with Gasteiger partial charge in [0.25, 0.3) is 0 Å². The molecule has 5 nitrogen and oxygen atoms in total. The normalized spacial score (nSPS) is 33.3. The van der Waals surface area contributed by atoms with Gasteiger partial charge in [0.1, 0.15) is 0 Å². The lowest BCUT2D eigenvalue weighted by atomic mass is 9.54. The predicted octanol–water partition coefficient (Wildman–Crippen LogP) is 3.39. The summed E-state index contributed by atoms with van der Waals surface area (Å²) in [6.07, 6.45) is 6.44. The fraction of sp³-hybridized carbons (Fsp3) is 0.556. The molecule has 128 valence electrons. The molecule has 4 saturated carbocycles. The summed E-state index contributed by atoms with van der Waals surface area (Å²) in [6.45, 7) is 0. The molecular formula is C18H22ClN3O2. The zero-order chi connectivity index (χ0) is 16.8. The van der Waals surface area contributed by atoms with Crippen LogP contribution in [0.5, 0.6) is 0 Å². The van der Waals surface area contributed by atoms with Crippen molar-refractivity contribution in [3.63, 3.8) is 0 Å². The summed E-state index contributed by atoms with van der Waals surface area (Å²) in [6, 6.07) is 4.82. The van der Waals surface area contributed by atoms with E-state index in [-0.39, 0.29) is 22.7 Å². The lowest BCUT2D eigenvalue weighted by Crippen LogP contribution is -2.56. The van der Waals surface area contributed by atoms with Crippen molar-refractivity contribution in [1.29, 1.82) is 0 Å². The Morgan fingerprint density at radius 1 is 1.04 bits per heavy atom. The molecule has 0 unspecified atom stereocenters. The van der Waals surface area contributed by atoms with Crippen molar-refractivity contribution in [2.45, 2.75) is 38.1 Å². The number of carbonyl (C=O) groups excluding carboxylic acids is 2. The van der Waals surface area contributed by atoms with Gasteiger partial charge in [0, 0.05) is 11.7 Å². The van der Waals surface area contributed by atoms with Crippen LogP contribution in [0.15, 0.2) is 18.2 Å². The van der Waals surface area contributed by atoms with Crippen LogP contribution in [0.4, 0.5) is 10.5 Å². The molecule has 0 aromatic heterocycles. The number of benzene rings is 1. The zero-order valence-electron chi connectivity index (χ0n) is 13.4. The highest BCUT2D eigenvalue weighted by Gasteiger charge is 2.48. The van der Waals surface area contributed by atoms with Gasteiger partial charge in [-0.2, -0.15) is 0 Å². The van der Waals surface area contributed by atoms with Crippen LogP contribution in [0.2, 0.25) is 5.02 Å². The topological polar surface area (TPSA) is 84.2 Å². The summed E-state index contributed by atoms with van der Waals surface area (Å²) in [5, 5.41) is 6.25. The van der Waals surface area contributed by atoms with E-state index >= 15 is 0 Å². The van der Waals surface area contributed by atoms with Crippen LogP contribution in [-0.2, 0) is 0 Å². The number of nitrogens with two attached hydrogens (primary N) is 1. The Kier molecular flexibility index (Phi) is 3.91. The number of carbonyl (C=O) groups is 2. The number of rotatable bonds is 3. The van der Waals surface area contributed by atoms with E-state index in [4.69, 9.17) is 17.3 Å². The molecule has 4 aliphatic carbocycles. The third kappa shape index (κ3) is 2.86. The van der Waals surface area contributed by atoms with Crippen LogP contribution >= 0.6 is 11.6 Å². The quantitative estimate of drug-likeness (QED) is 0.783. The molecule has 4 aliphatic rings. The van der Waals surface area contributed by atoms with E-state index in [2.05, 4.69) is 10.6 Å². The number of halogens is 1. The molecule has 4 bridgehead atoms. The van der Waals surface area contributed by atoms with Crippen LogP contribution in [-0.4, -0.2) is 18.0 Å². The standard InChI is InChI=1S/C18H22ClN3O2/c19-15-8-13(1-2-14(15)17(20)23)21-18(24)22-16-11-4-9-3-10(6-11)7-12(16)5-9/h1-2,8-12,16H,3-7H2,(H2,20,23)(H2,21,22,24). The molecule has 1 aromatic carbocycles. The summed E-state index contributed by atoms with van der Waals surface area (Å²) in [5.41, 5.74) is 6.05. The second kappa shape index (κ2) is 5.96. The summed E-state index contributed by atoms with van der Waals surface area (Å²) in [7, 11) is 0. The van der Waals surface area contributed by atoms with Gasteiger partial charge in [-0.1, -0.05) is 11.6 Å². The van der Waals surface area contributed by atoms with Gasteiger partial charge in [0.05, 0.1) is 10.6 Å². The molecular weight excluding hydrogens is 326 g/mol. The molecule has 0 aliphatic heterocycles. The van der Waals surface area contributed by atoms with Gasteiger partial charge in [0.15, 0.2) is 0 Å². The van der Waals surface area contributed by atoms with Crippen LogP contribution in [0.1, 0.15) is 42.5 Å². The maximum absolute atomic E-state index is 12.4.